The van der Waals surface area contributed by atoms with Crippen LogP contribution in [0, 0.1) is 5.41 Å². The molecule has 1 fully saturated rings. The third-order valence-electron chi connectivity index (χ3n) is 5.80. The van der Waals surface area contributed by atoms with E-state index in [1.807, 2.05) is 39.0 Å². The molecule has 1 aromatic carbocycles. The van der Waals surface area contributed by atoms with Crippen LogP contribution in [0.2, 0.25) is 0 Å². The van der Waals surface area contributed by atoms with Crippen LogP contribution in [-0.4, -0.2) is 47.3 Å². The molecule has 7 heteroatoms. The number of carbonyl (C=O) groups is 2. The van der Waals surface area contributed by atoms with Crippen molar-refractivity contribution in [2.24, 2.45) is 5.41 Å². The Balaban J connectivity index is 1.82. The molecule has 146 valence electrons. The number of benzene rings is 1. The molecule has 2 unspecified atom stereocenters. The van der Waals surface area contributed by atoms with E-state index in [4.69, 9.17) is 9.47 Å². The second kappa shape index (κ2) is 6.88. The summed E-state index contributed by atoms with van der Waals surface area (Å²) in [6.07, 6.45) is 1.87. The summed E-state index contributed by atoms with van der Waals surface area (Å²) in [6.45, 7) is 6.02. The highest BCUT2D eigenvalue weighted by molar-refractivity contribution is 5.95. The highest BCUT2D eigenvalue weighted by Gasteiger charge is 2.66. The Kier molecular flexibility index (Phi) is 4.90. The van der Waals surface area contributed by atoms with Crippen LogP contribution in [0.4, 0.5) is 0 Å². The van der Waals surface area contributed by atoms with E-state index in [0.717, 1.165) is 16.5 Å². The molecule has 1 aliphatic carbocycles. The van der Waals surface area contributed by atoms with Gasteiger partial charge in [0.25, 0.3) is 0 Å². The summed E-state index contributed by atoms with van der Waals surface area (Å²) in [5, 5.41) is 13.4. The number of aromatic nitrogens is 1. The normalized spacial score (nSPS) is 23.6. The van der Waals surface area contributed by atoms with E-state index in [1.165, 1.54) is 0 Å². The lowest BCUT2D eigenvalue weighted by molar-refractivity contribution is -0.194. The smallest absolute Gasteiger partial charge is 0.330 e. The molecule has 1 saturated carbocycles. The van der Waals surface area contributed by atoms with E-state index in [0.29, 0.717) is 12.4 Å². The molecule has 1 aliphatic rings. The third-order valence-corrected chi connectivity index (χ3v) is 5.80. The van der Waals surface area contributed by atoms with Gasteiger partial charge in [-0.25, -0.2) is 4.79 Å². The summed E-state index contributed by atoms with van der Waals surface area (Å²) in [4.78, 5) is 27.9. The summed E-state index contributed by atoms with van der Waals surface area (Å²) >= 11 is 0. The monoisotopic (exact) mass is 374 g/mol. The molecule has 0 saturated heterocycles. The number of H-pyrrole nitrogens is 1. The number of amides is 1. The molecule has 1 heterocycles. The topological polar surface area (TPSA) is 101 Å². The van der Waals surface area contributed by atoms with E-state index < -0.39 is 16.9 Å². The van der Waals surface area contributed by atoms with Gasteiger partial charge in [-0.2, -0.15) is 0 Å². The summed E-state index contributed by atoms with van der Waals surface area (Å²) in [6, 6.07) is 5.60. The number of hydrogen-bond donors (Lipinski definition) is 3. The van der Waals surface area contributed by atoms with Gasteiger partial charge in [-0.15, -0.1) is 0 Å². The zero-order valence-electron chi connectivity index (χ0n) is 16.1. The van der Waals surface area contributed by atoms with Crippen LogP contribution < -0.4 is 10.1 Å². The Hall–Kier alpha value is -2.54. The summed E-state index contributed by atoms with van der Waals surface area (Å²) in [7, 11) is 1.58. The maximum absolute atomic E-state index is 12.7. The first-order valence-corrected chi connectivity index (χ1v) is 9.05. The third kappa shape index (κ3) is 2.96. The van der Waals surface area contributed by atoms with Crippen LogP contribution in [0.25, 0.3) is 10.9 Å². The van der Waals surface area contributed by atoms with Crippen molar-refractivity contribution in [3.63, 3.8) is 0 Å². The molecule has 27 heavy (non-hydrogen) atoms. The molecule has 2 atom stereocenters. The van der Waals surface area contributed by atoms with E-state index in [2.05, 4.69) is 10.3 Å². The molecule has 7 nitrogen and oxygen atoms in total. The second-order valence-electron chi connectivity index (χ2n) is 7.50. The Morgan fingerprint density at radius 2 is 2.11 bits per heavy atom. The van der Waals surface area contributed by atoms with E-state index in [-0.39, 0.29) is 24.9 Å². The average Bonchev–Trinajstić information content (AvgIpc) is 3.03. The second-order valence-corrected chi connectivity index (χ2v) is 7.50. The number of nitrogens with one attached hydrogen (secondary N) is 2. The number of aliphatic carboxylic acids is 1. The first-order valence-electron chi connectivity index (χ1n) is 9.05. The van der Waals surface area contributed by atoms with E-state index >= 15 is 0 Å². The average molecular weight is 374 g/mol. The van der Waals surface area contributed by atoms with Gasteiger partial charge in [-0.1, -0.05) is 19.9 Å². The minimum absolute atomic E-state index is 0.0603. The number of carbonyl (C=O) groups excluding carboxylic acids is 1. The van der Waals surface area contributed by atoms with Gasteiger partial charge in [0.15, 0.2) is 0 Å². The Morgan fingerprint density at radius 3 is 2.70 bits per heavy atom. The molecule has 0 spiro atoms. The van der Waals surface area contributed by atoms with Gasteiger partial charge in [-0.05, 0) is 24.6 Å². The van der Waals surface area contributed by atoms with E-state index in [9.17, 15) is 14.7 Å². The Labute approximate surface area is 158 Å². The zero-order chi connectivity index (χ0) is 19.8. The lowest BCUT2D eigenvalue weighted by Gasteiger charge is -2.58. The number of rotatable bonds is 7. The standard InChI is InChI=1S/C20H26N2O5/c1-5-27-15-10-20(18(24)25,19(15,2)3)22-16(23)9-12-11-21-13-7-6-8-14(26-4)17(12)13/h6-8,11,15,21H,5,9-10H2,1-4H3,(H,22,23)(H,24,25). The van der Waals surface area contributed by atoms with Crippen molar-refractivity contribution in [1.29, 1.82) is 0 Å². The van der Waals surface area contributed by atoms with Gasteiger partial charge >= 0.3 is 5.97 Å². The quantitative estimate of drug-likeness (QED) is 0.691. The Morgan fingerprint density at radius 1 is 1.37 bits per heavy atom. The highest BCUT2D eigenvalue weighted by atomic mass is 16.5. The molecule has 3 N–H and O–H groups in total. The first-order chi connectivity index (χ1) is 12.8. The van der Waals surface area contributed by atoms with Crippen LogP contribution in [0.5, 0.6) is 5.75 Å². The minimum Gasteiger partial charge on any atom is -0.496 e. The molecule has 0 radical (unpaired) electrons. The van der Waals surface area contributed by atoms with Gasteiger partial charge in [0.2, 0.25) is 5.91 Å². The maximum Gasteiger partial charge on any atom is 0.330 e. The van der Waals surface area contributed by atoms with Gasteiger partial charge in [0.1, 0.15) is 11.3 Å². The summed E-state index contributed by atoms with van der Waals surface area (Å²) in [5.74, 6) is -0.703. The van der Waals surface area contributed by atoms with E-state index in [1.54, 1.807) is 13.3 Å². The number of carboxylic acid groups (broad SMARTS) is 1. The minimum atomic E-state index is -1.33. The lowest BCUT2D eigenvalue weighted by Crippen LogP contribution is -2.76. The number of fused-ring (bicyclic) bond motifs is 1. The molecular weight excluding hydrogens is 348 g/mol. The molecular formula is C20H26N2O5. The maximum atomic E-state index is 12.7. The number of hydrogen-bond acceptors (Lipinski definition) is 4. The molecule has 3 rings (SSSR count). The van der Waals surface area contributed by atoms with Gasteiger partial charge in [0, 0.05) is 35.5 Å². The largest absolute Gasteiger partial charge is 0.496 e. The van der Waals surface area contributed by atoms with Crippen molar-refractivity contribution in [1.82, 2.24) is 10.3 Å². The number of methoxy groups -OCH3 is 1. The predicted molar refractivity (Wildman–Crippen MR) is 101 cm³/mol. The molecule has 2 aromatic rings. The number of aromatic amines is 1. The van der Waals surface area contributed by atoms with Gasteiger partial charge < -0.3 is 24.9 Å². The van der Waals surface area contributed by atoms with Crippen LogP contribution in [-0.2, 0) is 20.7 Å². The predicted octanol–water partition coefficient (Wildman–Crippen LogP) is 2.49. The fraction of sp³-hybridized carbons (Fsp3) is 0.500. The van der Waals surface area contributed by atoms with Crippen LogP contribution >= 0.6 is 0 Å². The van der Waals surface area contributed by atoms with Crippen molar-refractivity contribution in [3.8, 4) is 5.75 Å². The van der Waals surface area contributed by atoms with Gasteiger partial charge in [0.05, 0.1) is 19.6 Å². The Bertz CT molecular complexity index is 872. The zero-order valence-corrected chi connectivity index (χ0v) is 16.1. The van der Waals surface area contributed by atoms with Crippen molar-refractivity contribution < 1.29 is 24.2 Å². The SMILES string of the molecule is CCOC1CC(NC(=O)Cc2c[nH]c3cccc(OC)c23)(C(=O)O)C1(C)C. The van der Waals surface area contributed by atoms with Crippen molar-refractivity contribution in [3.05, 3.63) is 30.0 Å². The first kappa shape index (κ1) is 19.2. The molecule has 1 aromatic heterocycles. The summed E-state index contributed by atoms with van der Waals surface area (Å²) < 4.78 is 11.0. The van der Waals surface area contributed by atoms with Crippen molar-refractivity contribution in [2.45, 2.75) is 45.3 Å². The number of carboxylic acids is 1. The van der Waals surface area contributed by atoms with Crippen molar-refractivity contribution in [2.75, 3.05) is 13.7 Å². The van der Waals surface area contributed by atoms with Crippen LogP contribution in [0.15, 0.2) is 24.4 Å². The summed E-state index contributed by atoms with van der Waals surface area (Å²) in [5.41, 5.74) is -0.410. The fourth-order valence-electron chi connectivity index (χ4n) is 4.02. The fourth-order valence-corrected chi connectivity index (χ4v) is 4.02. The number of ether oxygens (including phenoxy) is 2. The van der Waals surface area contributed by atoms with Crippen LogP contribution in [0.3, 0.4) is 0 Å². The molecule has 0 aliphatic heterocycles. The highest BCUT2D eigenvalue weighted by Crippen LogP contribution is 2.51. The lowest BCUT2D eigenvalue weighted by atomic mass is 9.54. The van der Waals surface area contributed by atoms with Crippen LogP contribution in [0.1, 0.15) is 32.8 Å². The molecule has 1 amide bonds. The molecule has 0 bridgehead atoms. The van der Waals surface area contributed by atoms with Crippen molar-refractivity contribution >= 4 is 22.8 Å². The van der Waals surface area contributed by atoms with Gasteiger partial charge in [-0.3, -0.25) is 4.79 Å².